The Hall–Kier alpha value is -7.96. The van der Waals surface area contributed by atoms with Crippen molar-refractivity contribution in [2.75, 3.05) is 0 Å². The molecule has 0 radical (unpaired) electrons. The molecule has 0 fully saturated rings. The third-order valence-electron chi connectivity index (χ3n) is 10.8. The van der Waals surface area contributed by atoms with E-state index in [9.17, 15) is 0 Å². The minimum absolute atomic E-state index is 0.664. The molecule has 6 heteroatoms. The Bertz CT molecular complexity index is 3260. The monoisotopic (exact) mass is 742 g/mol. The molecule has 6 nitrogen and oxygen atoms in total. The standard InChI is InChI=1S/C52H34N6/c1-5-17-35(18-6-1)43-33-46(36-19-7-2-8-20-36)51-55-49(56-57(51)34-43)41-27-15-25-39(31-41)40-26-16-28-42(32-40)50-53-48(38-23-11-4-12-24-38)54-52-45-30-14-13-29-44(45)47(58(50)52)37-21-9-3-10-22-37/h1-34H. The van der Waals surface area contributed by atoms with Crippen molar-refractivity contribution in [3.63, 3.8) is 0 Å². The summed E-state index contributed by atoms with van der Waals surface area (Å²) >= 11 is 0. The zero-order valence-electron chi connectivity index (χ0n) is 31.3. The molecule has 272 valence electrons. The van der Waals surface area contributed by atoms with E-state index in [2.05, 4.69) is 180 Å². The fraction of sp³-hybridized carbons (Fsp3) is 0. The number of hydrogen-bond acceptors (Lipinski definition) is 4. The summed E-state index contributed by atoms with van der Waals surface area (Å²) in [6, 6.07) is 69.4. The molecular weight excluding hydrogens is 709 g/mol. The third kappa shape index (κ3) is 5.83. The van der Waals surface area contributed by atoms with Gasteiger partial charge in [-0.1, -0.05) is 182 Å². The maximum absolute atomic E-state index is 5.34. The number of fused-ring (bicyclic) bond motifs is 4. The molecule has 0 aliphatic heterocycles. The average molecular weight is 743 g/mol. The summed E-state index contributed by atoms with van der Waals surface area (Å²) in [6.45, 7) is 0. The number of aromatic nitrogens is 6. The summed E-state index contributed by atoms with van der Waals surface area (Å²) in [5.41, 5.74) is 13.2. The molecule has 0 N–H and O–H groups in total. The van der Waals surface area contributed by atoms with Crippen LogP contribution >= 0.6 is 0 Å². The van der Waals surface area contributed by atoms with E-state index in [0.717, 1.165) is 89.2 Å². The molecule has 0 aliphatic rings. The maximum atomic E-state index is 5.34. The Balaban J connectivity index is 1.06. The van der Waals surface area contributed by atoms with Crippen LogP contribution in [0.3, 0.4) is 0 Å². The lowest BCUT2D eigenvalue weighted by atomic mass is 10.0. The van der Waals surface area contributed by atoms with E-state index in [0.29, 0.717) is 11.6 Å². The van der Waals surface area contributed by atoms with E-state index in [4.69, 9.17) is 20.1 Å². The van der Waals surface area contributed by atoms with Gasteiger partial charge in [-0.05, 0) is 46.0 Å². The van der Waals surface area contributed by atoms with Crippen LogP contribution in [0.1, 0.15) is 0 Å². The van der Waals surface area contributed by atoms with Crippen molar-refractivity contribution < 1.29 is 0 Å². The van der Waals surface area contributed by atoms with Crippen LogP contribution in [0.4, 0.5) is 0 Å². The Morgan fingerprint density at radius 2 is 0.845 bits per heavy atom. The predicted octanol–water partition coefficient (Wildman–Crippen LogP) is 12.6. The average Bonchev–Trinajstić information content (AvgIpc) is 3.90. The molecule has 0 unspecified atom stereocenters. The molecule has 0 aliphatic carbocycles. The predicted molar refractivity (Wildman–Crippen MR) is 235 cm³/mol. The van der Waals surface area contributed by atoms with Gasteiger partial charge in [0.05, 0.1) is 5.69 Å². The summed E-state index contributed by atoms with van der Waals surface area (Å²) in [4.78, 5) is 15.7. The molecule has 0 amide bonds. The molecule has 0 saturated heterocycles. The molecule has 0 atom stereocenters. The van der Waals surface area contributed by atoms with E-state index in [1.54, 1.807) is 0 Å². The number of hydrogen-bond donors (Lipinski definition) is 0. The molecule has 4 heterocycles. The molecule has 58 heavy (non-hydrogen) atoms. The van der Waals surface area contributed by atoms with Crippen LogP contribution in [-0.4, -0.2) is 29.0 Å². The quantitative estimate of drug-likeness (QED) is 0.163. The van der Waals surface area contributed by atoms with E-state index < -0.39 is 0 Å². The Kier molecular flexibility index (Phi) is 8.04. The zero-order chi connectivity index (χ0) is 38.4. The number of nitrogens with zero attached hydrogens (tertiary/aromatic N) is 6. The van der Waals surface area contributed by atoms with Gasteiger partial charge < -0.3 is 0 Å². The van der Waals surface area contributed by atoms with Crippen LogP contribution in [-0.2, 0) is 0 Å². The molecule has 7 aromatic carbocycles. The van der Waals surface area contributed by atoms with Gasteiger partial charge in [0.15, 0.2) is 17.3 Å². The van der Waals surface area contributed by atoms with Gasteiger partial charge in [0.1, 0.15) is 11.5 Å². The Morgan fingerprint density at radius 1 is 0.328 bits per heavy atom. The van der Waals surface area contributed by atoms with Crippen LogP contribution in [0.2, 0.25) is 0 Å². The highest BCUT2D eigenvalue weighted by molar-refractivity contribution is 6.06. The summed E-state index contributed by atoms with van der Waals surface area (Å²) in [6.07, 6.45) is 2.07. The van der Waals surface area contributed by atoms with Crippen molar-refractivity contribution >= 4 is 22.1 Å². The normalized spacial score (nSPS) is 11.4. The minimum atomic E-state index is 0.664. The molecule has 0 bridgehead atoms. The van der Waals surface area contributed by atoms with Crippen LogP contribution in [0, 0.1) is 0 Å². The summed E-state index contributed by atoms with van der Waals surface area (Å²) in [5.74, 6) is 2.17. The molecule has 0 saturated carbocycles. The second-order valence-corrected chi connectivity index (χ2v) is 14.4. The van der Waals surface area contributed by atoms with Crippen molar-refractivity contribution in [2.45, 2.75) is 0 Å². The number of pyridine rings is 1. The summed E-state index contributed by atoms with van der Waals surface area (Å²) in [7, 11) is 0. The smallest absolute Gasteiger partial charge is 0.182 e. The molecule has 11 rings (SSSR count). The highest BCUT2D eigenvalue weighted by Gasteiger charge is 2.21. The first kappa shape index (κ1) is 33.4. The highest BCUT2D eigenvalue weighted by atomic mass is 15.3. The molecular formula is C52H34N6. The SMILES string of the molecule is c1ccc(-c2cc(-c3ccccc3)c3nc(-c4cccc(-c5cccc(-c6nc(-c7ccccc7)nc7c8ccccc8c(-c8ccccc8)n67)c5)c4)nn3c2)cc1. The molecule has 4 aromatic heterocycles. The first-order valence-corrected chi connectivity index (χ1v) is 19.4. The van der Waals surface area contributed by atoms with Gasteiger partial charge in [-0.3, -0.25) is 4.40 Å². The minimum Gasteiger partial charge on any atom is -0.277 e. The van der Waals surface area contributed by atoms with Gasteiger partial charge >= 0.3 is 0 Å². The van der Waals surface area contributed by atoms with E-state index in [1.165, 1.54) is 0 Å². The van der Waals surface area contributed by atoms with Gasteiger partial charge in [0, 0.05) is 44.8 Å². The summed E-state index contributed by atoms with van der Waals surface area (Å²) < 4.78 is 4.15. The van der Waals surface area contributed by atoms with E-state index >= 15 is 0 Å². The van der Waals surface area contributed by atoms with Crippen molar-refractivity contribution in [2.24, 2.45) is 0 Å². The van der Waals surface area contributed by atoms with Gasteiger partial charge in [0.2, 0.25) is 0 Å². The first-order valence-electron chi connectivity index (χ1n) is 19.4. The van der Waals surface area contributed by atoms with Crippen LogP contribution in [0.5, 0.6) is 0 Å². The van der Waals surface area contributed by atoms with Gasteiger partial charge in [-0.25, -0.2) is 19.5 Å². The Morgan fingerprint density at radius 3 is 1.53 bits per heavy atom. The fourth-order valence-corrected chi connectivity index (χ4v) is 8.02. The summed E-state index contributed by atoms with van der Waals surface area (Å²) in [5, 5.41) is 7.28. The van der Waals surface area contributed by atoms with Gasteiger partial charge in [-0.15, -0.1) is 5.10 Å². The molecule has 0 spiro atoms. The highest BCUT2D eigenvalue weighted by Crippen LogP contribution is 2.39. The fourth-order valence-electron chi connectivity index (χ4n) is 8.02. The maximum Gasteiger partial charge on any atom is 0.182 e. The van der Waals surface area contributed by atoms with Gasteiger partial charge in [-0.2, -0.15) is 0 Å². The van der Waals surface area contributed by atoms with Crippen molar-refractivity contribution in [3.8, 4) is 78.8 Å². The topological polar surface area (TPSA) is 60.4 Å². The zero-order valence-corrected chi connectivity index (χ0v) is 31.3. The second kappa shape index (κ2) is 14.0. The third-order valence-corrected chi connectivity index (χ3v) is 10.8. The van der Waals surface area contributed by atoms with Gasteiger partial charge in [0.25, 0.3) is 0 Å². The van der Waals surface area contributed by atoms with Crippen LogP contribution in [0.15, 0.2) is 206 Å². The van der Waals surface area contributed by atoms with E-state index in [1.807, 2.05) is 34.8 Å². The number of rotatable bonds is 7. The second-order valence-electron chi connectivity index (χ2n) is 14.4. The lowest BCUT2D eigenvalue weighted by Crippen LogP contribution is -2.03. The van der Waals surface area contributed by atoms with Crippen molar-refractivity contribution in [1.82, 2.24) is 29.0 Å². The van der Waals surface area contributed by atoms with Crippen LogP contribution < -0.4 is 0 Å². The number of benzene rings is 7. The van der Waals surface area contributed by atoms with E-state index in [-0.39, 0.29) is 0 Å². The lowest BCUT2D eigenvalue weighted by molar-refractivity contribution is 0.968. The van der Waals surface area contributed by atoms with Crippen molar-refractivity contribution in [1.29, 1.82) is 0 Å². The van der Waals surface area contributed by atoms with Crippen LogP contribution in [0.25, 0.3) is 101 Å². The largest absolute Gasteiger partial charge is 0.277 e. The Labute approximate surface area is 335 Å². The van der Waals surface area contributed by atoms with Crippen molar-refractivity contribution in [3.05, 3.63) is 206 Å². The first-order chi connectivity index (χ1) is 28.7. The lowest BCUT2D eigenvalue weighted by Gasteiger charge is -2.13. The molecule has 11 aromatic rings.